The molecule has 0 radical (unpaired) electrons. The first-order valence-corrected chi connectivity index (χ1v) is 6.73. The van der Waals surface area contributed by atoms with Crippen LogP contribution in [0.3, 0.4) is 0 Å². The van der Waals surface area contributed by atoms with Crippen molar-refractivity contribution in [3.8, 4) is 0 Å². The topological polar surface area (TPSA) is 38.0 Å². The highest BCUT2D eigenvalue weighted by Crippen LogP contribution is 2.43. The third-order valence-electron chi connectivity index (χ3n) is 4.87. The van der Waals surface area contributed by atoms with E-state index in [4.69, 9.17) is 5.73 Å². The summed E-state index contributed by atoms with van der Waals surface area (Å²) in [5.74, 6) is 0.749. The average Bonchev–Trinajstić information content (AvgIpc) is 2.64. The summed E-state index contributed by atoms with van der Waals surface area (Å²) in [6, 6.07) is 0.721. The first kappa shape index (κ1) is 11.4. The Morgan fingerprint density at radius 2 is 2.07 bits per heavy atom. The summed E-state index contributed by atoms with van der Waals surface area (Å²) in [6.07, 6.45) is 9.74. The molecule has 0 spiro atoms. The molecule has 2 saturated carbocycles. The lowest BCUT2D eigenvalue weighted by Crippen LogP contribution is -2.45. The first-order valence-electron chi connectivity index (χ1n) is 6.73. The lowest BCUT2D eigenvalue weighted by Gasteiger charge is -2.42. The van der Waals surface area contributed by atoms with Crippen LogP contribution >= 0.6 is 0 Å². The van der Waals surface area contributed by atoms with E-state index in [1.54, 1.807) is 0 Å². The van der Waals surface area contributed by atoms with Crippen LogP contribution < -0.4 is 11.1 Å². The number of nitrogens with two attached hydrogens (primary N) is 1. The van der Waals surface area contributed by atoms with Gasteiger partial charge < -0.3 is 11.1 Å². The van der Waals surface area contributed by atoms with Crippen LogP contribution in [0.5, 0.6) is 0 Å². The van der Waals surface area contributed by atoms with Gasteiger partial charge in [0.2, 0.25) is 0 Å². The van der Waals surface area contributed by atoms with Gasteiger partial charge in [-0.05, 0) is 50.0 Å². The molecule has 88 valence electrons. The molecule has 0 heterocycles. The van der Waals surface area contributed by atoms with Gasteiger partial charge in [-0.1, -0.05) is 19.8 Å². The summed E-state index contributed by atoms with van der Waals surface area (Å²) in [4.78, 5) is 0. The molecular weight excluding hydrogens is 184 g/mol. The highest BCUT2D eigenvalue weighted by Gasteiger charge is 2.36. The van der Waals surface area contributed by atoms with Crippen molar-refractivity contribution in [2.24, 2.45) is 17.1 Å². The van der Waals surface area contributed by atoms with Crippen molar-refractivity contribution >= 4 is 0 Å². The summed E-state index contributed by atoms with van der Waals surface area (Å²) in [5, 5.41) is 3.80. The number of hydrogen-bond acceptors (Lipinski definition) is 2. The van der Waals surface area contributed by atoms with E-state index in [1.807, 2.05) is 0 Å². The molecule has 2 unspecified atom stereocenters. The van der Waals surface area contributed by atoms with E-state index in [0.717, 1.165) is 18.5 Å². The van der Waals surface area contributed by atoms with E-state index >= 15 is 0 Å². The maximum atomic E-state index is 5.80. The Balaban J connectivity index is 1.77. The SMILES string of the molecule is CCC1(CNC2CCCC2CN)CCC1. The fourth-order valence-electron chi connectivity index (χ4n) is 3.27. The zero-order chi connectivity index (χ0) is 10.7. The zero-order valence-corrected chi connectivity index (χ0v) is 10.1. The molecule has 2 aliphatic rings. The molecule has 2 rings (SSSR count). The molecule has 0 aliphatic heterocycles. The molecule has 0 amide bonds. The van der Waals surface area contributed by atoms with Gasteiger partial charge in [0.1, 0.15) is 0 Å². The molecule has 0 saturated heterocycles. The summed E-state index contributed by atoms with van der Waals surface area (Å²) in [7, 11) is 0. The van der Waals surface area contributed by atoms with E-state index in [2.05, 4.69) is 12.2 Å². The van der Waals surface area contributed by atoms with Gasteiger partial charge in [0.15, 0.2) is 0 Å². The molecule has 2 atom stereocenters. The average molecular weight is 210 g/mol. The second kappa shape index (κ2) is 4.84. The second-order valence-electron chi connectivity index (χ2n) is 5.62. The van der Waals surface area contributed by atoms with Gasteiger partial charge >= 0.3 is 0 Å². The Kier molecular flexibility index (Phi) is 3.68. The molecule has 0 aromatic heterocycles. The number of rotatable bonds is 5. The number of hydrogen-bond donors (Lipinski definition) is 2. The van der Waals surface area contributed by atoms with Gasteiger partial charge in [-0.25, -0.2) is 0 Å². The molecule has 2 nitrogen and oxygen atoms in total. The van der Waals surface area contributed by atoms with E-state index in [-0.39, 0.29) is 0 Å². The van der Waals surface area contributed by atoms with Crippen molar-refractivity contribution in [3.63, 3.8) is 0 Å². The highest BCUT2D eigenvalue weighted by molar-refractivity contribution is 4.91. The van der Waals surface area contributed by atoms with Gasteiger partial charge in [0.05, 0.1) is 0 Å². The Morgan fingerprint density at radius 3 is 2.60 bits per heavy atom. The second-order valence-corrected chi connectivity index (χ2v) is 5.62. The van der Waals surface area contributed by atoms with Crippen molar-refractivity contribution in [2.75, 3.05) is 13.1 Å². The van der Waals surface area contributed by atoms with Gasteiger partial charge in [-0.15, -0.1) is 0 Å². The van der Waals surface area contributed by atoms with Crippen LogP contribution in [0.25, 0.3) is 0 Å². The van der Waals surface area contributed by atoms with Crippen molar-refractivity contribution in [2.45, 2.75) is 57.9 Å². The molecule has 3 N–H and O–H groups in total. The molecular formula is C13H26N2. The van der Waals surface area contributed by atoms with E-state index in [0.29, 0.717) is 5.41 Å². The standard InChI is InChI=1S/C13H26N2/c1-2-13(7-4-8-13)10-15-12-6-3-5-11(12)9-14/h11-12,15H,2-10,14H2,1H3. The van der Waals surface area contributed by atoms with Gasteiger partial charge in [0.25, 0.3) is 0 Å². The first-order chi connectivity index (χ1) is 7.29. The predicted molar refractivity (Wildman–Crippen MR) is 64.8 cm³/mol. The quantitative estimate of drug-likeness (QED) is 0.730. The van der Waals surface area contributed by atoms with Crippen LogP contribution in [-0.4, -0.2) is 19.1 Å². The van der Waals surface area contributed by atoms with Crippen molar-refractivity contribution in [1.29, 1.82) is 0 Å². The fraction of sp³-hybridized carbons (Fsp3) is 1.00. The third kappa shape index (κ3) is 2.36. The van der Waals surface area contributed by atoms with Crippen LogP contribution in [0.2, 0.25) is 0 Å². The van der Waals surface area contributed by atoms with E-state index in [9.17, 15) is 0 Å². The van der Waals surface area contributed by atoms with Crippen LogP contribution in [-0.2, 0) is 0 Å². The van der Waals surface area contributed by atoms with E-state index < -0.39 is 0 Å². The molecule has 2 heteroatoms. The molecule has 2 fully saturated rings. The fourth-order valence-corrected chi connectivity index (χ4v) is 3.27. The smallest absolute Gasteiger partial charge is 0.0108 e. The van der Waals surface area contributed by atoms with Crippen molar-refractivity contribution < 1.29 is 0 Å². The summed E-state index contributed by atoms with van der Waals surface area (Å²) in [6.45, 7) is 4.46. The minimum atomic E-state index is 0.655. The van der Waals surface area contributed by atoms with Gasteiger partial charge in [-0.3, -0.25) is 0 Å². The predicted octanol–water partition coefficient (Wildman–Crippen LogP) is 2.28. The number of nitrogens with one attached hydrogen (secondary N) is 1. The maximum Gasteiger partial charge on any atom is 0.0108 e. The normalized spacial score (nSPS) is 34.0. The lowest BCUT2D eigenvalue weighted by molar-refractivity contribution is 0.116. The summed E-state index contributed by atoms with van der Waals surface area (Å²) in [5.41, 5.74) is 6.46. The molecule has 15 heavy (non-hydrogen) atoms. The summed E-state index contributed by atoms with van der Waals surface area (Å²) < 4.78 is 0. The minimum Gasteiger partial charge on any atom is -0.330 e. The van der Waals surface area contributed by atoms with Crippen LogP contribution in [0.15, 0.2) is 0 Å². The van der Waals surface area contributed by atoms with Crippen LogP contribution in [0.1, 0.15) is 51.9 Å². The van der Waals surface area contributed by atoms with E-state index in [1.165, 1.54) is 51.5 Å². The zero-order valence-electron chi connectivity index (χ0n) is 10.1. The van der Waals surface area contributed by atoms with Crippen molar-refractivity contribution in [1.82, 2.24) is 5.32 Å². The van der Waals surface area contributed by atoms with Crippen LogP contribution in [0, 0.1) is 11.3 Å². The molecule has 0 aromatic rings. The molecule has 2 aliphatic carbocycles. The van der Waals surface area contributed by atoms with Gasteiger partial charge in [-0.2, -0.15) is 0 Å². The molecule has 0 bridgehead atoms. The third-order valence-corrected chi connectivity index (χ3v) is 4.87. The molecule has 0 aromatic carbocycles. The monoisotopic (exact) mass is 210 g/mol. The minimum absolute atomic E-state index is 0.655. The Morgan fingerprint density at radius 1 is 1.27 bits per heavy atom. The van der Waals surface area contributed by atoms with Crippen molar-refractivity contribution in [3.05, 3.63) is 0 Å². The maximum absolute atomic E-state index is 5.80. The Labute approximate surface area is 94.0 Å². The summed E-state index contributed by atoms with van der Waals surface area (Å²) >= 11 is 0. The largest absolute Gasteiger partial charge is 0.330 e. The van der Waals surface area contributed by atoms with Crippen LogP contribution in [0.4, 0.5) is 0 Å². The van der Waals surface area contributed by atoms with Gasteiger partial charge in [0, 0.05) is 12.6 Å². The lowest BCUT2D eigenvalue weighted by atomic mass is 9.67. The highest BCUT2D eigenvalue weighted by atomic mass is 14.9. The Hall–Kier alpha value is -0.0800. The Bertz CT molecular complexity index is 193.